The average Bonchev–Trinajstić information content (AvgIpc) is 3.08. The third-order valence-corrected chi connectivity index (χ3v) is 4.44. The predicted octanol–water partition coefficient (Wildman–Crippen LogP) is 4.98. The largest absolute Gasteiger partial charge is 0.337 e. The fourth-order valence-corrected chi connectivity index (χ4v) is 3.21. The number of benzene rings is 2. The summed E-state index contributed by atoms with van der Waals surface area (Å²) in [6.07, 6.45) is 3.58. The van der Waals surface area contributed by atoms with Gasteiger partial charge in [-0.3, -0.25) is 9.97 Å². The van der Waals surface area contributed by atoms with Crippen LogP contribution in [0.25, 0.3) is 44.2 Å². The van der Waals surface area contributed by atoms with E-state index < -0.39 is 0 Å². The standard InChI is InChI=1S/C19H11ClN4/c20-12-7-5-11(6-8-12)19-23-17-13-3-1-9-21-15(13)16-14(18(17)24-19)4-2-10-22-16/h1-10H,(H,23,24). The molecule has 0 unspecified atom stereocenters. The molecule has 5 heteroatoms. The molecule has 3 heterocycles. The number of nitrogens with one attached hydrogen (secondary N) is 1. The number of aromatic nitrogens is 4. The Kier molecular flexibility index (Phi) is 2.81. The van der Waals surface area contributed by atoms with Crippen LogP contribution >= 0.6 is 11.6 Å². The van der Waals surface area contributed by atoms with Crippen molar-refractivity contribution in [1.82, 2.24) is 19.9 Å². The van der Waals surface area contributed by atoms with Gasteiger partial charge in [0.1, 0.15) is 5.82 Å². The maximum absolute atomic E-state index is 5.99. The number of pyridine rings is 2. The molecule has 0 saturated carbocycles. The normalized spacial score (nSPS) is 11.5. The van der Waals surface area contributed by atoms with Crippen molar-refractivity contribution < 1.29 is 0 Å². The Morgan fingerprint density at radius 3 is 2.17 bits per heavy atom. The maximum Gasteiger partial charge on any atom is 0.138 e. The van der Waals surface area contributed by atoms with Crippen LogP contribution in [0.15, 0.2) is 60.9 Å². The van der Waals surface area contributed by atoms with Gasteiger partial charge in [-0.2, -0.15) is 0 Å². The number of H-pyrrole nitrogens is 1. The number of imidazole rings is 1. The second-order valence-corrected chi connectivity index (χ2v) is 6.05. The molecule has 2 aromatic carbocycles. The zero-order valence-electron chi connectivity index (χ0n) is 12.5. The number of hydrogen-bond donors (Lipinski definition) is 1. The highest BCUT2D eigenvalue weighted by Crippen LogP contribution is 2.33. The first-order valence-electron chi connectivity index (χ1n) is 7.58. The van der Waals surface area contributed by atoms with E-state index in [1.807, 2.05) is 48.5 Å². The molecule has 3 aromatic heterocycles. The Balaban J connectivity index is 1.93. The minimum Gasteiger partial charge on any atom is -0.337 e. The van der Waals surface area contributed by atoms with E-state index in [9.17, 15) is 0 Å². The minimum atomic E-state index is 0.708. The fraction of sp³-hybridized carbons (Fsp3) is 0. The van der Waals surface area contributed by atoms with Gasteiger partial charge in [0.15, 0.2) is 0 Å². The molecule has 0 fully saturated rings. The van der Waals surface area contributed by atoms with E-state index in [0.717, 1.165) is 44.2 Å². The Morgan fingerprint density at radius 1 is 0.750 bits per heavy atom. The summed E-state index contributed by atoms with van der Waals surface area (Å²) < 4.78 is 0. The third kappa shape index (κ3) is 1.90. The molecule has 0 atom stereocenters. The van der Waals surface area contributed by atoms with E-state index in [0.29, 0.717) is 5.02 Å². The number of rotatable bonds is 1. The summed E-state index contributed by atoms with van der Waals surface area (Å²) in [4.78, 5) is 17.3. The number of halogens is 1. The van der Waals surface area contributed by atoms with E-state index in [4.69, 9.17) is 16.6 Å². The topological polar surface area (TPSA) is 54.5 Å². The Bertz CT molecular complexity index is 1140. The van der Waals surface area contributed by atoms with Crippen LogP contribution in [-0.4, -0.2) is 19.9 Å². The molecule has 0 aliphatic heterocycles. The van der Waals surface area contributed by atoms with Gasteiger partial charge in [-0.05, 0) is 48.5 Å². The highest BCUT2D eigenvalue weighted by Gasteiger charge is 2.14. The molecular weight excluding hydrogens is 320 g/mol. The highest BCUT2D eigenvalue weighted by molar-refractivity contribution is 6.30. The average molecular weight is 331 g/mol. The number of hydrogen-bond acceptors (Lipinski definition) is 3. The van der Waals surface area contributed by atoms with Crippen molar-refractivity contribution in [2.45, 2.75) is 0 Å². The van der Waals surface area contributed by atoms with E-state index in [-0.39, 0.29) is 0 Å². The lowest BCUT2D eigenvalue weighted by molar-refractivity contribution is 1.34. The lowest BCUT2D eigenvalue weighted by Gasteiger charge is -2.03. The quantitative estimate of drug-likeness (QED) is 0.441. The molecule has 0 saturated heterocycles. The van der Waals surface area contributed by atoms with Gasteiger partial charge >= 0.3 is 0 Å². The molecule has 0 aliphatic rings. The van der Waals surface area contributed by atoms with E-state index >= 15 is 0 Å². The molecular formula is C19H11ClN4. The van der Waals surface area contributed by atoms with Gasteiger partial charge in [0.25, 0.3) is 0 Å². The van der Waals surface area contributed by atoms with Crippen molar-refractivity contribution in [1.29, 1.82) is 0 Å². The van der Waals surface area contributed by atoms with E-state index in [2.05, 4.69) is 15.0 Å². The van der Waals surface area contributed by atoms with Crippen LogP contribution in [0.3, 0.4) is 0 Å². The second kappa shape index (κ2) is 5.01. The molecule has 114 valence electrons. The summed E-state index contributed by atoms with van der Waals surface area (Å²) in [5.41, 5.74) is 4.62. The van der Waals surface area contributed by atoms with Crippen LogP contribution in [-0.2, 0) is 0 Å². The fourth-order valence-electron chi connectivity index (χ4n) is 3.09. The van der Waals surface area contributed by atoms with Crippen molar-refractivity contribution in [3.8, 4) is 11.4 Å². The van der Waals surface area contributed by atoms with Crippen molar-refractivity contribution in [2.24, 2.45) is 0 Å². The van der Waals surface area contributed by atoms with Gasteiger partial charge in [0.05, 0.1) is 22.1 Å². The van der Waals surface area contributed by atoms with Gasteiger partial charge in [-0.25, -0.2) is 4.98 Å². The number of fused-ring (bicyclic) bond motifs is 6. The first kappa shape index (κ1) is 13.5. The number of nitrogens with zero attached hydrogens (tertiary/aromatic N) is 3. The van der Waals surface area contributed by atoms with E-state index in [1.165, 1.54) is 0 Å². The van der Waals surface area contributed by atoms with Crippen LogP contribution in [0.2, 0.25) is 5.02 Å². The Labute approximate surface area is 142 Å². The molecule has 5 aromatic rings. The maximum atomic E-state index is 5.99. The Hall–Kier alpha value is -2.98. The summed E-state index contributed by atoms with van der Waals surface area (Å²) in [7, 11) is 0. The third-order valence-electron chi connectivity index (χ3n) is 4.19. The second-order valence-electron chi connectivity index (χ2n) is 5.62. The first-order valence-corrected chi connectivity index (χ1v) is 7.96. The SMILES string of the molecule is Clc1ccc(-c2nc3c4cccnc4c4ncccc4c3[nH]2)cc1. The van der Waals surface area contributed by atoms with Gasteiger partial charge in [-0.15, -0.1) is 0 Å². The van der Waals surface area contributed by atoms with Crippen molar-refractivity contribution in [3.05, 3.63) is 65.9 Å². The van der Waals surface area contributed by atoms with Crippen LogP contribution in [0.1, 0.15) is 0 Å². The lowest BCUT2D eigenvalue weighted by atomic mass is 10.1. The lowest BCUT2D eigenvalue weighted by Crippen LogP contribution is -1.86. The molecule has 0 bridgehead atoms. The monoisotopic (exact) mass is 330 g/mol. The molecule has 0 radical (unpaired) electrons. The summed E-state index contributed by atoms with van der Waals surface area (Å²) >= 11 is 5.99. The van der Waals surface area contributed by atoms with Crippen molar-refractivity contribution in [3.63, 3.8) is 0 Å². The molecule has 0 aliphatic carbocycles. The van der Waals surface area contributed by atoms with Gasteiger partial charge in [0, 0.05) is 33.8 Å². The summed E-state index contributed by atoms with van der Waals surface area (Å²) in [5.74, 6) is 0.808. The van der Waals surface area contributed by atoms with Gasteiger partial charge in [0.2, 0.25) is 0 Å². The molecule has 0 spiro atoms. The summed E-state index contributed by atoms with van der Waals surface area (Å²) in [5, 5.41) is 2.72. The summed E-state index contributed by atoms with van der Waals surface area (Å²) in [6.45, 7) is 0. The van der Waals surface area contributed by atoms with Crippen LogP contribution in [0, 0.1) is 0 Å². The molecule has 4 nitrogen and oxygen atoms in total. The predicted molar refractivity (Wildman–Crippen MR) is 97.1 cm³/mol. The number of aromatic amines is 1. The molecule has 0 amide bonds. The van der Waals surface area contributed by atoms with Crippen molar-refractivity contribution >= 4 is 44.4 Å². The Morgan fingerprint density at radius 2 is 1.42 bits per heavy atom. The highest BCUT2D eigenvalue weighted by atomic mass is 35.5. The van der Waals surface area contributed by atoms with Crippen LogP contribution in [0.4, 0.5) is 0 Å². The van der Waals surface area contributed by atoms with Gasteiger partial charge in [-0.1, -0.05) is 11.6 Å². The van der Waals surface area contributed by atoms with E-state index in [1.54, 1.807) is 12.4 Å². The molecule has 24 heavy (non-hydrogen) atoms. The molecule has 5 rings (SSSR count). The molecule has 1 N–H and O–H groups in total. The zero-order chi connectivity index (χ0) is 16.1. The smallest absolute Gasteiger partial charge is 0.138 e. The minimum absolute atomic E-state index is 0.708. The van der Waals surface area contributed by atoms with Crippen LogP contribution in [0.5, 0.6) is 0 Å². The zero-order valence-corrected chi connectivity index (χ0v) is 13.2. The van der Waals surface area contributed by atoms with Crippen molar-refractivity contribution in [2.75, 3.05) is 0 Å². The first-order chi connectivity index (χ1) is 11.8. The summed E-state index contributed by atoms with van der Waals surface area (Å²) in [6, 6.07) is 15.6. The van der Waals surface area contributed by atoms with Gasteiger partial charge < -0.3 is 4.98 Å². The van der Waals surface area contributed by atoms with Crippen LogP contribution < -0.4 is 0 Å².